The fraction of sp³-hybridized carbons (Fsp3) is 0.480. The lowest BCUT2D eigenvalue weighted by Gasteiger charge is -2.30. The average Bonchev–Trinajstić information content (AvgIpc) is 3.31. The van der Waals surface area contributed by atoms with Gasteiger partial charge < -0.3 is 25.6 Å². The molecule has 3 rings (SSSR count). The highest BCUT2D eigenvalue weighted by Crippen LogP contribution is 2.20. The van der Waals surface area contributed by atoms with Crippen LogP contribution in [0.15, 0.2) is 59.5 Å². The molecule has 192 valence electrons. The predicted octanol–water partition coefficient (Wildman–Crippen LogP) is 2.40. The number of nitrogens with one attached hydrogen (secondary N) is 1. The number of hydrogen-bond acceptors (Lipinski definition) is 7. The number of nitrogen functional groups attached to an aromatic ring is 1. The van der Waals surface area contributed by atoms with E-state index in [1.807, 2.05) is 44.2 Å². The molecule has 0 aromatic heterocycles. The molecule has 0 spiro atoms. The third kappa shape index (κ3) is 7.93. The molecule has 9 nitrogen and oxygen atoms in total. The molecule has 1 aliphatic rings. The van der Waals surface area contributed by atoms with E-state index in [0.29, 0.717) is 31.7 Å². The number of anilines is 1. The molecule has 10 heteroatoms. The van der Waals surface area contributed by atoms with E-state index in [1.165, 1.54) is 28.6 Å². The van der Waals surface area contributed by atoms with E-state index >= 15 is 0 Å². The Labute approximate surface area is 207 Å². The van der Waals surface area contributed by atoms with Gasteiger partial charge in [0.1, 0.15) is 6.10 Å². The molecule has 0 bridgehead atoms. The number of nitrogens with zero attached hydrogens (tertiary/aromatic N) is 1. The van der Waals surface area contributed by atoms with E-state index in [2.05, 4.69) is 5.32 Å². The van der Waals surface area contributed by atoms with E-state index in [4.69, 9.17) is 15.2 Å². The number of alkyl carbamates (subject to hydrolysis) is 1. The Balaban J connectivity index is 1.80. The van der Waals surface area contributed by atoms with Gasteiger partial charge in [0.25, 0.3) is 0 Å². The van der Waals surface area contributed by atoms with Crippen LogP contribution in [0.3, 0.4) is 0 Å². The van der Waals surface area contributed by atoms with Crippen LogP contribution in [0.1, 0.15) is 25.8 Å². The van der Waals surface area contributed by atoms with Crippen LogP contribution < -0.4 is 11.1 Å². The summed E-state index contributed by atoms with van der Waals surface area (Å²) in [4.78, 5) is 12.7. The zero-order chi connectivity index (χ0) is 25.4. The Morgan fingerprint density at radius 1 is 1.17 bits per heavy atom. The Hall–Kier alpha value is -2.66. The zero-order valence-corrected chi connectivity index (χ0v) is 21.0. The summed E-state index contributed by atoms with van der Waals surface area (Å²) >= 11 is 0. The Morgan fingerprint density at radius 3 is 2.46 bits per heavy atom. The Bertz CT molecular complexity index is 1040. The first-order chi connectivity index (χ1) is 16.6. The first-order valence-electron chi connectivity index (χ1n) is 11.8. The van der Waals surface area contributed by atoms with E-state index in [0.717, 1.165) is 5.56 Å². The van der Waals surface area contributed by atoms with Crippen LogP contribution in [0.4, 0.5) is 10.5 Å². The maximum atomic E-state index is 13.4. The van der Waals surface area contributed by atoms with E-state index in [9.17, 15) is 18.3 Å². The number of aliphatic hydroxyl groups excluding tert-OH is 1. The normalized spacial score (nSPS) is 17.9. The SMILES string of the molecule is CC(C)CN(C[C@@H](O)C(Cc1ccccc1)NC(=O)OC1CCOC1)S(=O)(=O)c1ccc(N)cc1. The maximum Gasteiger partial charge on any atom is 0.407 e. The number of ether oxygens (including phenoxy) is 2. The number of sulfonamides is 1. The van der Waals surface area contributed by atoms with Crippen molar-refractivity contribution in [3.63, 3.8) is 0 Å². The van der Waals surface area contributed by atoms with Gasteiger partial charge in [-0.05, 0) is 42.2 Å². The predicted molar refractivity (Wildman–Crippen MR) is 133 cm³/mol. The van der Waals surface area contributed by atoms with Gasteiger partial charge in [-0.1, -0.05) is 44.2 Å². The van der Waals surface area contributed by atoms with Gasteiger partial charge in [0.05, 0.1) is 30.3 Å². The maximum absolute atomic E-state index is 13.4. The lowest BCUT2D eigenvalue weighted by molar-refractivity contribution is 0.0644. The molecular weight excluding hydrogens is 470 g/mol. The highest BCUT2D eigenvalue weighted by molar-refractivity contribution is 7.89. The number of carbonyl (C=O) groups excluding carboxylic acids is 1. The summed E-state index contributed by atoms with van der Waals surface area (Å²) in [6.07, 6.45) is -1.29. The fourth-order valence-corrected chi connectivity index (χ4v) is 5.52. The average molecular weight is 506 g/mol. The van der Waals surface area contributed by atoms with Crippen molar-refractivity contribution in [2.45, 2.75) is 49.8 Å². The second-order valence-electron chi connectivity index (χ2n) is 9.18. The smallest absolute Gasteiger partial charge is 0.407 e. The third-order valence-electron chi connectivity index (χ3n) is 5.71. The molecule has 1 fully saturated rings. The van der Waals surface area contributed by atoms with Crippen LogP contribution in [-0.4, -0.2) is 68.5 Å². The van der Waals surface area contributed by atoms with Gasteiger partial charge in [0, 0.05) is 25.2 Å². The third-order valence-corrected chi connectivity index (χ3v) is 7.55. The van der Waals surface area contributed by atoms with Gasteiger partial charge in [-0.15, -0.1) is 0 Å². The first-order valence-corrected chi connectivity index (χ1v) is 13.2. The van der Waals surface area contributed by atoms with E-state index in [1.54, 1.807) is 0 Å². The Kier molecular flexibility index (Phi) is 9.50. The van der Waals surface area contributed by atoms with Crippen molar-refractivity contribution in [1.82, 2.24) is 9.62 Å². The molecule has 1 saturated heterocycles. The van der Waals surface area contributed by atoms with Crippen molar-refractivity contribution in [1.29, 1.82) is 0 Å². The molecule has 2 aromatic carbocycles. The van der Waals surface area contributed by atoms with Crippen molar-refractivity contribution >= 4 is 21.8 Å². The summed E-state index contributed by atoms with van der Waals surface area (Å²) in [5.74, 6) is 0.0126. The molecular formula is C25H35N3O6S. The largest absolute Gasteiger partial charge is 0.444 e. The topological polar surface area (TPSA) is 131 Å². The summed E-state index contributed by atoms with van der Waals surface area (Å²) in [6.45, 7) is 4.67. The molecule has 2 unspecified atom stereocenters. The molecule has 0 radical (unpaired) electrons. The van der Waals surface area contributed by atoms with Crippen LogP contribution in [0, 0.1) is 5.92 Å². The summed E-state index contributed by atoms with van der Waals surface area (Å²) < 4.78 is 38.7. The summed E-state index contributed by atoms with van der Waals surface area (Å²) in [5, 5.41) is 13.9. The molecule has 3 atom stereocenters. The van der Waals surface area contributed by atoms with Crippen LogP contribution in [0.5, 0.6) is 0 Å². The number of rotatable bonds is 11. The minimum atomic E-state index is -3.90. The quantitative estimate of drug-likeness (QED) is 0.400. The zero-order valence-electron chi connectivity index (χ0n) is 20.2. The highest BCUT2D eigenvalue weighted by atomic mass is 32.2. The van der Waals surface area contributed by atoms with Gasteiger partial charge >= 0.3 is 6.09 Å². The summed E-state index contributed by atoms with van der Waals surface area (Å²) in [5.41, 5.74) is 7.06. The molecule has 0 aliphatic carbocycles. The van der Waals surface area contributed by atoms with Crippen molar-refractivity contribution < 1.29 is 27.8 Å². The van der Waals surface area contributed by atoms with Crippen molar-refractivity contribution in [3.05, 3.63) is 60.2 Å². The Morgan fingerprint density at radius 2 is 1.86 bits per heavy atom. The molecule has 0 saturated carbocycles. The molecule has 2 aromatic rings. The molecule has 4 N–H and O–H groups in total. The van der Waals surface area contributed by atoms with Crippen molar-refractivity contribution in [2.75, 3.05) is 32.0 Å². The molecule has 1 heterocycles. The molecule has 35 heavy (non-hydrogen) atoms. The van der Waals surface area contributed by atoms with Crippen molar-refractivity contribution in [2.24, 2.45) is 5.92 Å². The highest BCUT2D eigenvalue weighted by Gasteiger charge is 2.32. The number of carbonyl (C=O) groups is 1. The minimum absolute atomic E-state index is 0.0126. The van der Waals surface area contributed by atoms with Gasteiger partial charge in [-0.25, -0.2) is 13.2 Å². The number of amides is 1. The fourth-order valence-electron chi connectivity index (χ4n) is 3.90. The number of nitrogens with two attached hydrogens (primary N) is 1. The number of aliphatic hydroxyl groups is 1. The van der Waals surface area contributed by atoms with Crippen molar-refractivity contribution in [3.8, 4) is 0 Å². The molecule has 1 amide bonds. The standard InChI is InChI=1S/C25H35N3O6S/c1-18(2)15-28(35(31,32)22-10-8-20(26)9-11-22)16-24(29)23(14-19-6-4-3-5-7-19)27-25(30)34-21-12-13-33-17-21/h3-11,18,21,23-24,29H,12-17,26H2,1-2H3,(H,27,30)/t21?,23?,24-/m1/s1. The van der Waals surface area contributed by atoms with E-state index < -0.39 is 28.3 Å². The summed E-state index contributed by atoms with van der Waals surface area (Å²) in [6, 6.07) is 14.6. The first kappa shape index (κ1) is 26.9. The van der Waals surface area contributed by atoms with Gasteiger partial charge in [-0.3, -0.25) is 0 Å². The lowest BCUT2D eigenvalue weighted by Crippen LogP contribution is -2.51. The van der Waals surface area contributed by atoms with Gasteiger partial charge in [0.2, 0.25) is 10.0 Å². The summed E-state index contributed by atoms with van der Waals surface area (Å²) in [7, 11) is -3.90. The number of benzene rings is 2. The number of hydrogen-bond donors (Lipinski definition) is 3. The van der Waals surface area contributed by atoms with E-state index in [-0.39, 0.29) is 30.0 Å². The van der Waals surface area contributed by atoms with Crippen LogP contribution in [-0.2, 0) is 25.9 Å². The van der Waals surface area contributed by atoms with Crippen LogP contribution in [0.2, 0.25) is 0 Å². The van der Waals surface area contributed by atoms with Gasteiger partial charge in [0.15, 0.2) is 0 Å². The lowest BCUT2D eigenvalue weighted by atomic mass is 10.0. The van der Waals surface area contributed by atoms with Gasteiger partial charge in [-0.2, -0.15) is 4.31 Å². The monoisotopic (exact) mass is 505 g/mol. The molecule has 1 aliphatic heterocycles. The van der Waals surface area contributed by atoms with Crippen LogP contribution >= 0.6 is 0 Å². The van der Waals surface area contributed by atoms with Crippen LogP contribution in [0.25, 0.3) is 0 Å². The minimum Gasteiger partial charge on any atom is -0.444 e. The second kappa shape index (κ2) is 12.3. The second-order valence-corrected chi connectivity index (χ2v) is 11.1.